The molecule has 0 radical (unpaired) electrons. The fourth-order valence-corrected chi connectivity index (χ4v) is 4.07. The third kappa shape index (κ3) is 13.3. The summed E-state index contributed by atoms with van der Waals surface area (Å²) >= 11 is 0. The minimum Gasteiger partial charge on any atom is -0.478 e. The first-order chi connectivity index (χ1) is 17.0. The maximum atomic E-state index is 12.7. The molecule has 0 atom stereocenters. The molecule has 1 aromatic rings. The number of hydrogen-bond acceptors (Lipinski definition) is 5. The summed E-state index contributed by atoms with van der Waals surface area (Å²) in [5, 5.41) is 9.54. The first kappa shape index (κ1) is 30.7. The molecule has 0 aliphatic heterocycles. The van der Waals surface area contributed by atoms with Crippen molar-refractivity contribution in [3.05, 3.63) is 34.9 Å². The van der Waals surface area contributed by atoms with Gasteiger partial charge in [0.05, 0.1) is 29.9 Å². The number of benzene rings is 1. The fraction of sp³-hybridized carbons (Fsp3) is 0.690. The molecule has 6 nitrogen and oxygen atoms in total. The van der Waals surface area contributed by atoms with Crippen LogP contribution in [-0.2, 0) is 9.47 Å². The molecule has 198 valence electrons. The summed E-state index contributed by atoms with van der Waals surface area (Å²) in [6, 6.07) is 4.19. The van der Waals surface area contributed by atoms with E-state index in [9.17, 15) is 19.5 Å². The van der Waals surface area contributed by atoms with Crippen molar-refractivity contribution in [2.75, 3.05) is 13.2 Å². The summed E-state index contributed by atoms with van der Waals surface area (Å²) in [4.78, 5) is 37.1. The molecule has 1 N–H and O–H groups in total. The van der Waals surface area contributed by atoms with Gasteiger partial charge in [-0.15, -0.1) is 0 Å². The molecule has 6 heteroatoms. The van der Waals surface area contributed by atoms with Crippen molar-refractivity contribution in [2.24, 2.45) is 0 Å². The predicted molar refractivity (Wildman–Crippen MR) is 139 cm³/mol. The summed E-state index contributed by atoms with van der Waals surface area (Å²) < 4.78 is 10.7. The number of aromatic carboxylic acids is 1. The van der Waals surface area contributed by atoms with Crippen molar-refractivity contribution in [1.29, 1.82) is 0 Å². The van der Waals surface area contributed by atoms with Crippen LogP contribution in [0.1, 0.15) is 148 Å². The molecule has 0 aliphatic carbocycles. The van der Waals surface area contributed by atoms with Crippen LogP contribution in [0.25, 0.3) is 0 Å². The molecular weight excluding hydrogens is 444 g/mol. The molecule has 35 heavy (non-hydrogen) atoms. The second-order valence-electron chi connectivity index (χ2n) is 9.25. The van der Waals surface area contributed by atoms with Gasteiger partial charge in [-0.2, -0.15) is 0 Å². The van der Waals surface area contributed by atoms with Gasteiger partial charge >= 0.3 is 17.9 Å². The van der Waals surface area contributed by atoms with E-state index in [1.807, 2.05) is 0 Å². The van der Waals surface area contributed by atoms with Gasteiger partial charge in [-0.1, -0.05) is 110 Å². The van der Waals surface area contributed by atoms with Crippen LogP contribution in [-0.4, -0.2) is 36.2 Å². The van der Waals surface area contributed by atoms with Crippen molar-refractivity contribution in [3.63, 3.8) is 0 Å². The van der Waals surface area contributed by atoms with Gasteiger partial charge in [0.25, 0.3) is 0 Å². The van der Waals surface area contributed by atoms with Crippen LogP contribution in [0.3, 0.4) is 0 Å². The van der Waals surface area contributed by atoms with Gasteiger partial charge in [0, 0.05) is 0 Å². The van der Waals surface area contributed by atoms with Crippen LogP contribution in [0.4, 0.5) is 0 Å². The van der Waals surface area contributed by atoms with Crippen molar-refractivity contribution in [3.8, 4) is 0 Å². The number of carbonyl (C=O) groups is 3. The molecule has 0 saturated heterocycles. The van der Waals surface area contributed by atoms with Gasteiger partial charge in [-0.25, -0.2) is 14.4 Å². The Labute approximate surface area is 211 Å². The van der Waals surface area contributed by atoms with Crippen LogP contribution >= 0.6 is 0 Å². The van der Waals surface area contributed by atoms with Gasteiger partial charge in [0.2, 0.25) is 0 Å². The Hall–Kier alpha value is -2.37. The maximum absolute atomic E-state index is 12.7. The van der Waals surface area contributed by atoms with Gasteiger partial charge in [0.1, 0.15) is 0 Å². The van der Waals surface area contributed by atoms with E-state index >= 15 is 0 Å². The Bertz CT molecular complexity index is 743. The topological polar surface area (TPSA) is 89.9 Å². The Kier molecular flexibility index (Phi) is 17.4. The van der Waals surface area contributed by atoms with Gasteiger partial charge in [-0.3, -0.25) is 0 Å². The first-order valence-corrected chi connectivity index (χ1v) is 13.7. The lowest BCUT2D eigenvalue weighted by Gasteiger charge is -2.12. The highest BCUT2D eigenvalue weighted by Crippen LogP contribution is 2.19. The number of carboxylic acid groups (broad SMARTS) is 1. The summed E-state index contributed by atoms with van der Waals surface area (Å²) in [5.74, 6) is -2.75. The zero-order chi connectivity index (χ0) is 25.7. The highest BCUT2D eigenvalue weighted by atomic mass is 16.5. The van der Waals surface area contributed by atoms with Crippen molar-refractivity contribution < 1.29 is 29.0 Å². The average molecular weight is 491 g/mol. The molecule has 0 unspecified atom stereocenters. The molecule has 0 bridgehead atoms. The van der Waals surface area contributed by atoms with E-state index in [1.165, 1.54) is 82.4 Å². The second-order valence-corrected chi connectivity index (χ2v) is 9.25. The average Bonchev–Trinajstić information content (AvgIpc) is 2.85. The van der Waals surface area contributed by atoms with Crippen LogP contribution < -0.4 is 0 Å². The van der Waals surface area contributed by atoms with Gasteiger partial charge in [0.15, 0.2) is 0 Å². The van der Waals surface area contributed by atoms with E-state index in [4.69, 9.17) is 9.47 Å². The molecule has 1 aromatic carbocycles. The lowest BCUT2D eigenvalue weighted by atomic mass is 10.0. The molecule has 0 spiro atoms. The van der Waals surface area contributed by atoms with E-state index in [2.05, 4.69) is 13.8 Å². The van der Waals surface area contributed by atoms with E-state index in [0.717, 1.165) is 32.1 Å². The zero-order valence-corrected chi connectivity index (χ0v) is 21.9. The SMILES string of the molecule is CCCCCCCCCCOC(=O)c1cccc(C(=O)O)c1C(=O)OCCCCCCCCCC. The molecule has 0 aliphatic rings. The quantitative estimate of drug-likeness (QED) is 0.139. The third-order valence-corrected chi connectivity index (χ3v) is 6.18. The molecular formula is C29H46O6. The van der Waals surface area contributed by atoms with Crippen molar-refractivity contribution >= 4 is 17.9 Å². The lowest BCUT2D eigenvalue weighted by Crippen LogP contribution is -2.19. The monoisotopic (exact) mass is 490 g/mol. The second kappa shape index (κ2) is 19.9. The van der Waals surface area contributed by atoms with Crippen molar-refractivity contribution in [2.45, 2.75) is 117 Å². The number of esters is 2. The lowest BCUT2D eigenvalue weighted by molar-refractivity contribution is 0.0446. The van der Waals surface area contributed by atoms with Crippen molar-refractivity contribution in [1.82, 2.24) is 0 Å². The van der Waals surface area contributed by atoms with Crippen LogP contribution in [0, 0.1) is 0 Å². The molecule has 1 rings (SSSR count). The standard InChI is InChI=1S/C29H46O6/c1-3-5-7-9-11-13-15-17-22-34-28(32)25-21-19-20-24(27(30)31)26(25)29(33)35-23-18-16-14-12-10-8-6-4-2/h19-21H,3-18,22-23H2,1-2H3,(H,30,31). The number of hydrogen-bond donors (Lipinski definition) is 1. The van der Waals surface area contributed by atoms with Gasteiger partial charge < -0.3 is 14.6 Å². The smallest absolute Gasteiger partial charge is 0.339 e. The highest BCUT2D eigenvalue weighted by Gasteiger charge is 2.26. The third-order valence-electron chi connectivity index (χ3n) is 6.18. The zero-order valence-electron chi connectivity index (χ0n) is 21.9. The van der Waals surface area contributed by atoms with Crippen LogP contribution in [0.5, 0.6) is 0 Å². The van der Waals surface area contributed by atoms with E-state index < -0.39 is 17.9 Å². The number of carbonyl (C=O) groups excluding carboxylic acids is 2. The van der Waals surface area contributed by atoms with E-state index in [1.54, 1.807) is 0 Å². The number of ether oxygens (including phenoxy) is 2. The molecule has 0 aromatic heterocycles. The molecule has 0 amide bonds. The summed E-state index contributed by atoms with van der Waals surface area (Å²) in [7, 11) is 0. The normalized spacial score (nSPS) is 10.8. The number of unbranched alkanes of at least 4 members (excludes halogenated alkanes) is 14. The Morgan fingerprint density at radius 2 is 1.00 bits per heavy atom. The van der Waals surface area contributed by atoms with E-state index in [-0.39, 0.29) is 29.9 Å². The Balaban J connectivity index is 2.51. The largest absolute Gasteiger partial charge is 0.478 e. The Morgan fingerprint density at radius 1 is 0.600 bits per heavy atom. The van der Waals surface area contributed by atoms with Crippen LogP contribution in [0.15, 0.2) is 18.2 Å². The predicted octanol–water partition coefficient (Wildman–Crippen LogP) is 7.98. The maximum Gasteiger partial charge on any atom is 0.339 e. The minimum absolute atomic E-state index is 0.0506. The molecule has 0 fully saturated rings. The van der Waals surface area contributed by atoms with E-state index in [0.29, 0.717) is 6.42 Å². The first-order valence-electron chi connectivity index (χ1n) is 13.7. The molecule has 0 heterocycles. The summed E-state index contributed by atoms with van der Waals surface area (Å²) in [6.45, 7) is 4.84. The number of carboxylic acids is 1. The minimum atomic E-state index is -1.28. The number of rotatable bonds is 21. The summed E-state index contributed by atoms with van der Waals surface area (Å²) in [6.07, 6.45) is 17.9. The Morgan fingerprint density at radius 3 is 1.46 bits per heavy atom. The van der Waals surface area contributed by atoms with Gasteiger partial charge in [-0.05, 0) is 25.0 Å². The highest BCUT2D eigenvalue weighted by molar-refractivity contribution is 6.10. The molecule has 0 saturated carbocycles. The fourth-order valence-electron chi connectivity index (χ4n) is 4.07. The summed E-state index contributed by atoms with van der Waals surface area (Å²) in [5.41, 5.74) is -0.515. The van der Waals surface area contributed by atoms with Crippen LogP contribution in [0.2, 0.25) is 0 Å².